The van der Waals surface area contributed by atoms with Crippen molar-refractivity contribution in [3.8, 4) is 0 Å². The first kappa shape index (κ1) is 7.70. The minimum Gasteiger partial charge on any atom is -0.374 e. The Balaban J connectivity index is 2.08. The maximum atomic E-state index is 12.5. The number of hydrogen-bond donors (Lipinski definition) is 0. The van der Waals surface area contributed by atoms with Crippen LogP contribution >= 0.6 is 0 Å². The van der Waals surface area contributed by atoms with Crippen LogP contribution in [0.1, 0.15) is 6.23 Å². The molecule has 1 unspecified atom stereocenters. The molecular formula is C7H9FN2O2. The highest BCUT2D eigenvalue weighted by Gasteiger charge is 2.16. The molecule has 2 heterocycles. The fourth-order valence-electron chi connectivity index (χ4n) is 1.10. The molecule has 0 aromatic carbocycles. The Bertz CT molecular complexity index is 258. The van der Waals surface area contributed by atoms with Crippen molar-refractivity contribution < 1.29 is 13.9 Å². The van der Waals surface area contributed by atoms with Crippen LogP contribution in [0.25, 0.3) is 0 Å². The standard InChI is InChI=1S/C7H9FN2O2/c8-6-3-9-10(4-6)7-5-11-1-2-12-7/h3-4,7H,1-2,5H2. The van der Waals surface area contributed by atoms with Gasteiger partial charge in [0.15, 0.2) is 12.0 Å². The summed E-state index contributed by atoms with van der Waals surface area (Å²) in [5.74, 6) is -0.357. The summed E-state index contributed by atoms with van der Waals surface area (Å²) in [5.41, 5.74) is 0. The Kier molecular flexibility index (Phi) is 2.05. The van der Waals surface area contributed by atoms with Crippen LogP contribution in [0.3, 0.4) is 0 Å². The number of nitrogens with zero attached hydrogens (tertiary/aromatic N) is 2. The first-order valence-electron chi connectivity index (χ1n) is 3.75. The van der Waals surface area contributed by atoms with Crippen molar-refractivity contribution in [2.24, 2.45) is 0 Å². The second kappa shape index (κ2) is 3.20. The van der Waals surface area contributed by atoms with Gasteiger partial charge in [0.05, 0.1) is 32.2 Å². The monoisotopic (exact) mass is 172 g/mol. The lowest BCUT2D eigenvalue weighted by Crippen LogP contribution is -2.26. The van der Waals surface area contributed by atoms with Gasteiger partial charge < -0.3 is 9.47 Å². The molecule has 0 radical (unpaired) electrons. The van der Waals surface area contributed by atoms with E-state index in [1.165, 1.54) is 10.9 Å². The Morgan fingerprint density at radius 1 is 1.58 bits per heavy atom. The van der Waals surface area contributed by atoms with E-state index in [0.717, 1.165) is 6.20 Å². The molecule has 0 N–H and O–H groups in total. The van der Waals surface area contributed by atoms with Crippen molar-refractivity contribution in [3.05, 3.63) is 18.2 Å². The summed E-state index contributed by atoms with van der Waals surface area (Å²) in [5, 5.41) is 3.78. The van der Waals surface area contributed by atoms with E-state index in [1.807, 2.05) is 0 Å². The highest BCUT2D eigenvalue weighted by atomic mass is 19.1. The van der Waals surface area contributed by atoms with Gasteiger partial charge >= 0.3 is 0 Å². The van der Waals surface area contributed by atoms with Crippen molar-refractivity contribution >= 4 is 0 Å². The van der Waals surface area contributed by atoms with Gasteiger partial charge in [-0.05, 0) is 0 Å². The van der Waals surface area contributed by atoms with Crippen molar-refractivity contribution in [2.75, 3.05) is 19.8 Å². The first-order valence-corrected chi connectivity index (χ1v) is 3.75. The van der Waals surface area contributed by atoms with Gasteiger partial charge in [0.2, 0.25) is 0 Å². The minimum absolute atomic E-state index is 0.275. The Labute approximate surface area is 68.9 Å². The van der Waals surface area contributed by atoms with Crippen LogP contribution in [0.5, 0.6) is 0 Å². The second-order valence-electron chi connectivity index (χ2n) is 2.54. The zero-order valence-electron chi connectivity index (χ0n) is 6.44. The summed E-state index contributed by atoms with van der Waals surface area (Å²) < 4.78 is 24.4. The molecule has 0 aliphatic carbocycles. The average molecular weight is 172 g/mol. The molecular weight excluding hydrogens is 163 g/mol. The van der Waals surface area contributed by atoms with E-state index < -0.39 is 0 Å². The van der Waals surface area contributed by atoms with Crippen molar-refractivity contribution in [1.82, 2.24) is 9.78 Å². The van der Waals surface area contributed by atoms with Crippen LogP contribution in [0.4, 0.5) is 4.39 Å². The number of aromatic nitrogens is 2. The van der Waals surface area contributed by atoms with Gasteiger partial charge in [0, 0.05) is 0 Å². The summed E-state index contributed by atoms with van der Waals surface area (Å²) in [7, 11) is 0. The molecule has 1 aliphatic rings. The Morgan fingerprint density at radius 2 is 2.50 bits per heavy atom. The van der Waals surface area contributed by atoms with Gasteiger partial charge in [-0.15, -0.1) is 0 Å². The molecule has 1 atom stereocenters. The topological polar surface area (TPSA) is 36.3 Å². The SMILES string of the molecule is Fc1cnn(C2COCCO2)c1. The number of hydrogen-bond acceptors (Lipinski definition) is 3. The van der Waals surface area contributed by atoms with Crippen molar-refractivity contribution in [2.45, 2.75) is 6.23 Å². The summed E-state index contributed by atoms with van der Waals surface area (Å²) in [4.78, 5) is 0. The Morgan fingerprint density at radius 3 is 3.08 bits per heavy atom. The van der Waals surface area contributed by atoms with E-state index in [-0.39, 0.29) is 12.0 Å². The summed E-state index contributed by atoms with van der Waals surface area (Å²) in [6.07, 6.45) is 2.17. The van der Waals surface area contributed by atoms with E-state index in [0.29, 0.717) is 19.8 Å². The highest BCUT2D eigenvalue weighted by molar-refractivity contribution is 4.85. The lowest BCUT2D eigenvalue weighted by atomic mass is 10.5. The van der Waals surface area contributed by atoms with Crippen LogP contribution in [-0.2, 0) is 9.47 Å². The van der Waals surface area contributed by atoms with E-state index in [2.05, 4.69) is 5.10 Å². The number of ether oxygens (including phenoxy) is 2. The predicted octanol–water partition coefficient (Wildman–Crippen LogP) is 0.568. The molecule has 1 aliphatic heterocycles. The molecule has 12 heavy (non-hydrogen) atoms. The summed E-state index contributed by atoms with van der Waals surface area (Å²) in [6.45, 7) is 1.56. The molecule has 0 bridgehead atoms. The lowest BCUT2D eigenvalue weighted by molar-refractivity contribution is -0.127. The van der Waals surface area contributed by atoms with Gasteiger partial charge in [-0.25, -0.2) is 9.07 Å². The highest BCUT2D eigenvalue weighted by Crippen LogP contribution is 2.12. The third kappa shape index (κ3) is 1.46. The van der Waals surface area contributed by atoms with E-state index in [9.17, 15) is 4.39 Å². The maximum Gasteiger partial charge on any atom is 0.173 e. The number of halogens is 1. The largest absolute Gasteiger partial charge is 0.374 e. The predicted molar refractivity (Wildman–Crippen MR) is 38.0 cm³/mol. The molecule has 0 spiro atoms. The Hall–Kier alpha value is -0.940. The molecule has 0 saturated carbocycles. The molecule has 1 aromatic rings. The van der Waals surface area contributed by atoms with Crippen LogP contribution in [0.15, 0.2) is 12.4 Å². The first-order chi connectivity index (χ1) is 5.86. The van der Waals surface area contributed by atoms with Crippen LogP contribution in [0.2, 0.25) is 0 Å². The van der Waals surface area contributed by atoms with Gasteiger partial charge in [0.1, 0.15) is 0 Å². The fourth-order valence-corrected chi connectivity index (χ4v) is 1.10. The van der Waals surface area contributed by atoms with Gasteiger partial charge in [-0.2, -0.15) is 5.10 Å². The molecule has 4 nitrogen and oxygen atoms in total. The van der Waals surface area contributed by atoms with E-state index in [4.69, 9.17) is 9.47 Å². The molecule has 66 valence electrons. The maximum absolute atomic E-state index is 12.5. The van der Waals surface area contributed by atoms with Gasteiger partial charge in [0.25, 0.3) is 0 Å². The molecule has 1 saturated heterocycles. The zero-order chi connectivity index (χ0) is 8.39. The average Bonchev–Trinajstić information content (AvgIpc) is 2.54. The smallest absolute Gasteiger partial charge is 0.173 e. The molecule has 5 heteroatoms. The van der Waals surface area contributed by atoms with Gasteiger partial charge in [-0.1, -0.05) is 0 Å². The van der Waals surface area contributed by atoms with Crippen LogP contribution in [0, 0.1) is 5.82 Å². The second-order valence-corrected chi connectivity index (χ2v) is 2.54. The van der Waals surface area contributed by atoms with Crippen LogP contribution < -0.4 is 0 Å². The van der Waals surface area contributed by atoms with Crippen LogP contribution in [-0.4, -0.2) is 29.6 Å². The molecule has 0 amide bonds. The zero-order valence-corrected chi connectivity index (χ0v) is 6.44. The molecule has 2 rings (SSSR count). The minimum atomic E-state index is -0.357. The van der Waals surface area contributed by atoms with E-state index >= 15 is 0 Å². The fraction of sp³-hybridized carbons (Fsp3) is 0.571. The molecule has 1 fully saturated rings. The lowest BCUT2D eigenvalue weighted by Gasteiger charge is -2.22. The summed E-state index contributed by atoms with van der Waals surface area (Å²) >= 11 is 0. The molecule has 1 aromatic heterocycles. The van der Waals surface area contributed by atoms with E-state index in [1.54, 1.807) is 0 Å². The summed E-state index contributed by atoms with van der Waals surface area (Å²) in [6, 6.07) is 0. The third-order valence-corrected chi connectivity index (χ3v) is 1.66. The van der Waals surface area contributed by atoms with Crippen molar-refractivity contribution in [1.29, 1.82) is 0 Å². The third-order valence-electron chi connectivity index (χ3n) is 1.66. The van der Waals surface area contributed by atoms with Gasteiger partial charge in [-0.3, -0.25) is 0 Å². The quantitative estimate of drug-likeness (QED) is 0.621. The van der Waals surface area contributed by atoms with Crippen molar-refractivity contribution in [3.63, 3.8) is 0 Å². The number of rotatable bonds is 1. The normalized spacial score (nSPS) is 24.2.